The van der Waals surface area contributed by atoms with Crippen LogP contribution in [0, 0.1) is 6.92 Å². The van der Waals surface area contributed by atoms with Gasteiger partial charge in [0.15, 0.2) is 5.60 Å². The summed E-state index contributed by atoms with van der Waals surface area (Å²) >= 11 is 0. The second-order valence-corrected chi connectivity index (χ2v) is 9.52. The van der Waals surface area contributed by atoms with Crippen LogP contribution in [0.25, 0.3) is 0 Å². The number of nitrogens with one attached hydrogen (secondary N) is 1. The first kappa shape index (κ1) is 20.4. The smallest absolute Gasteiger partial charge is 0.241 e. The first-order chi connectivity index (χ1) is 14.3. The lowest BCUT2D eigenvalue weighted by Gasteiger charge is -2.43. The average molecular weight is 420 g/mol. The highest BCUT2D eigenvalue weighted by molar-refractivity contribution is 7.89. The fraction of sp³-hybridized carbons (Fsp3) is 0.200. The van der Waals surface area contributed by atoms with Crippen molar-refractivity contribution < 1.29 is 13.2 Å². The number of rotatable bonds is 5. The number of para-hydroxylation sites is 1. The molecule has 0 saturated heterocycles. The Morgan fingerprint density at radius 2 is 1.63 bits per heavy atom. The fourth-order valence-electron chi connectivity index (χ4n) is 3.96. The van der Waals surface area contributed by atoms with Crippen molar-refractivity contribution in [2.75, 3.05) is 0 Å². The van der Waals surface area contributed by atoms with E-state index in [-0.39, 0.29) is 4.90 Å². The van der Waals surface area contributed by atoms with Gasteiger partial charge in [-0.15, -0.1) is 0 Å². The van der Waals surface area contributed by atoms with Crippen LogP contribution in [0.4, 0.5) is 0 Å². The summed E-state index contributed by atoms with van der Waals surface area (Å²) < 4.78 is 35.7. The Kier molecular flexibility index (Phi) is 5.26. The molecule has 30 heavy (non-hydrogen) atoms. The van der Waals surface area contributed by atoms with Crippen molar-refractivity contribution in [3.63, 3.8) is 0 Å². The van der Waals surface area contributed by atoms with Crippen molar-refractivity contribution in [2.45, 2.75) is 36.8 Å². The molecule has 0 unspecified atom stereocenters. The van der Waals surface area contributed by atoms with E-state index in [1.807, 2.05) is 68.4 Å². The third-order valence-electron chi connectivity index (χ3n) is 5.63. The summed E-state index contributed by atoms with van der Waals surface area (Å²) in [5.74, 6) is 0.659. The molecule has 0 fully saturated rings. The van der Waals surface area contributed by atoms with Crippen LogP contribution in [-0.2, 0) is 15.6 Å². The second kappa shape index (κ2) is 7.74. The Hall–Kier alpha value is -2.89. The van der Waals surface area contributed by atoms with Gasteiger partial charge >= 0.3 is 0 Å². The zero-order valence-electron chi connectivity index (χ0n) is 17.1. The van der Waals surface area contributed by atoms with Crippen molar-refractivity contribution in [3.8, 4) is 5.75 Å². The van der Waals surface area contributed by atoms with Gasteiger partial charge < -0.3 is 4.74 Å². The summed E-state index contributed by atoms with van der Waals surface area (Å²) in [6.45, 7) is 8.05. The number of benzene rings is 3. The van der Waals surface area contributed by atoms with Gasteiger partial charge in [0, 0.05) is 12.0 Å². The van der Waals surface area contributed by atoms with Crippen LogP contribution in [0.15, 0.2) is 95.9 Å². The Balaban J connectivity index is 1.79. The highest BCUT2D eigenvalue weighted by atomic mass is 32.2. The number of fused-ring (bicyclic) bond motifs is 1. The Morgan fingerprint density at radius 1 is 1.00 bits per heavy atom. The Bertz CT molecular complexity index is 1170. The van der Waals surface area contributed by atoms with Crippen molar-refractivity contribution >= 4 is 10.0 Å². The van der Waals surface area contributed by atoms with Gasteiger partial charge in [0.25, 0.3) is 0 Å². The van der Waals surface area contributed by atoms with E-state index in [9.17, 15) is 8.42 Å². The fourth-order valence-corrected chi connectivity index (χ4v) is 5.17. The quantitative estimate of drug-likeness (QED) is 0.573. The van der Waals surface area contributed by atoms with Crippen molar-refractivity contribution in [2.24, 2.45) is 0 Å². The van der Waals surface area contributed by atoms with Crippen molar-refractivity contribution in [1.29, 1.82) is 0 Å². The standard InChI is InChI=1S/C25H25NO3S/c1-18(2)25(20-9-5-4-6-10-20)17-23(22-11-7-8-12-24(22)29-25)26-30(27,28)21-15-13-19(3)14-16-21/h4-16,23,26H,1,17H2,2-3H3/t23-,25+/m0/s1. The molecule has 0 radical (unpaired) electrons. The SMILES string of the molecule is C=C(C)[C@@]1(c2ccccc2)C[C@H](NS(=O)(=O)c2ccc(C)cc2)c2ccccc2O1. The van der Waals surface area contributed by atoms with E-state index in [1.165, 1.54) is 0 Å². The molecule has 5 heteroatoms. The minimum absolute atomic E-state index is 0.248. The van der Waals surface area contributed by atoms with Crippen LogP contribution in [0.2, 0.25) is 0 Å². The number of hydrogen-bond donors (Lipinski definition) is 1. The van der Waals surface area contributed by atoms with Gasteiger partial charge in [0.2, 0.25) is 10.0 Å². The molecule has 2 atom stereocenters. The molecule has 0 aliphatic carbocycles. The number of sulfonamides is 1. The van der Waals surface area contributed by atoms with Crippen LogP contribution < -0.4 is 9.46 Å². The average Bonchev–Trinajstić information content (AvgIpc) is 2.74. The summed E-state index contributed by atoms with van der Waals surface area (Å²) in [6.07, 6.45) is 0.411. The number of aryl methyl sites for hydroxylation is 1. The number of ether oxygens (including phenoxy) is 1. The van der Waals surface area contributed by atoms with Gasteiger partial charge in [-0.3, -0.25) is 0 Å². The largest absolute Gasteiger partial charge is 0.478 e. The molecule has 1 heterocycles. The predicted molar refractivity (Wildman–Crippen MR) is 119 cm³/mol. The molecule has 1 N–H and O–H groups in total. The molecule has 0 bridgehead atoms. The van der Waals surface area contributed by atoms with Crippen molar-refractivity contribution in [1.82, 2.24) is 4.72 Å². The molecule has 4 rings (SSSR count). The van der Waals surface area contributed by atoms with Gasteiger partial charge in [-0.2, -0.15) is 0 Å². The highest BCUT2D eigenvalue weighted by Gasteiger charge is 2.44. The summed E-state index contributed by atoms with van der Waals surface area (Å²) in [6, 6.07) is 23.8. The van der Waals surface area contributed by atoms with E-state index in [4.69, 9.17) is 4.74 Å². The van der Waals surface area contributed by atoms with Crippen LogP contribution >= 0.6 is 0 Å². The molecule has 0 spiro atoms. The monoisotopic (exact) mass is 419 g/mol. The molecule has 1 aliphatic rings. The zero-order valence-corrected chi connectivity index (χ0v) is 17.9. The topological polar surface area (TPSA) is 55.4 Å². The predicted octanol–water partition coefficient (Wildman–Crippen LogP) is 5.27. The second-order valence-electron chi connectivity index (χ2n) is 7.80. The molecule has 1 aliphatic heterocycles. The Morgan fingerprint density at radius 3 is 2.30 bits per heavy atom. The van der Waals surface area contributed by atoms with Gasteiger partial charge in [-0.1, -0.05) is 72.8 Å². The molecule has 154 valence electrons. The maximum atomic E-state index is 13.2. The summed E-state index contributed by atoms with van der Waals surface area (Å²) in [7, 11) is -3.71. The zero-order chi connectivity index (χ0) is 21.4. The summed E-state index contributed by atoms with van der Waals surface area (Å²) in [5.41, 5.74) is 2.78. The molecule has 0 saturated carbocycles. The van der Waals surface area contributed by atoms with Crippen LogP contribution in [0.3, 0.4) is 0 Å². The summed E-state index contributed by atoms with van der Waals surface area (Å²) in [4.78, 5) is 0.248. The first-order valence-electron chi connectivity index (χ1n) is 9.90. The van der Waals surface area contributed by atoms with Crippen LogP contribution in [-0.4, -0.2) is 8.42 Å². The normalized spacial score (nSPS) is 20.8. The summed E-state index contributed by atoms with van der Waals surface area (Å²) in [5, 5.41) is 0. The van der Waals surface area contributed by atoms with E-state index < -0.39 is 21.7 Å². The maximum Gasteiger partial charge on any atom is 0.241 e. The third-order valence-corrected chi connectivity index (χ3v) is 7.12. The number of hydrogen-bond acceptors (Lipinski definition) is 3. The van der Waals surface area contributed by atoms with Gasteiger partial charge in [0.1, 0.15) is 5.75 Å². The van der Waals surface area contributed by atoms with E-state index in [1.54, 1.807) is 24.3 Å². The highest BCUT2D eigenvalue weighted by Crippen LogP contribution is 2.48. The Labute approximate surface area is 178 Å². The van der Waals surface area contributed by atoms with Crippen molar-refractivity contribution in [3.05, 3.63) is 108 Å². The lowest BCUT2D eigenvalue weighted by molar-refractivity contribution is 0.0665. The minimum atomic E-state index is -3.71. The first-order valence-corrected chi connectivity index (χ1v) is 11.4. The minimum Gasteiger partial charge on any atom is -0.478 e. The van der Waals surface area contributed by atoms with Crippen LogP contribution in [0.5, 0.6) is 5.75 Å². The molecule has 0 amide bonds. The van der Waals surface area contributed by atoms with Crippen LogP contribution in [0.1, 0.15) is 36.1 Å². The molecule has 3 aromatic rings. The molecular weight excluding hydrogens is 394 g/mol. The maximum absolute atomic E-state index is 13.2. The van der Waals surface area contributed by atoms with E-state index in [0.717, 1.165) is 22.3 Å². The lowest BCUT2D eigenvalue weighted by Crippen LogP contribution is -2.44. The van der Waals surface area contributed by atoms with E-state index in [2.05, 4.69) is 11.3 Å². The van der Waals surface area contributed by atoms with E-state index in [0.29, 0.717) is 12.2 Å². The van der Waals surface area contributed by atoms with Gasteiger partial charge in [-0.25, -0.2) is 13.1 Å². The molecule has 4 nitrogen and oxygen atoms in total. The third kappa shape index (κ3) is 3.66. The molecular formula is C25H25NO3S. The van der Waals surface area contributed by atoms with Gasteiger partial charge in [0.05, 0.1) is 10.9 Å². The molecule has 3 aromatic carbocycles. The lowest BCUT2D eigenvalue weighted by atomic mass is 9.78. The van der Waals surface area contributed by atoms with E-state index >= 15 is 0 Å². The van der Waals surface area contributed by atoms with Gasteiger partial charge in [-0.05, 0) is 43.2 Å². The molecule has 0 aromatic heterocycles.